The Bertz CT molecular complexity index is 1570. The SMILES string of the molecule is COc1cc(C(=O)N(C)C)ccc1-c1cc2nccc(-c3ccc(OC4CCN(C(C)C)C4)c(C#N)c3)c2o1. The van der Waals surface area contributed by atoms with Gasteiger partial charge in [-0.25, -0.2) is 0 Å². The Hall–Kier alpha value is -4.35. The van der Waals surface area contributed by atoms with Gasteiger partial charge in [-0.1, -0.05) is 6.07 Å². The van der Waals surface area contributed by atoms with E-state index in [2.05, 4.69) is 29.8 Å². The number of fused-ring (bicyclic) bond motifs is 1. The number of hydrogen-bond acceptors (Lipinski definition) is 7. The lowest BCUT2D eigenvalue weighted by molar-refractivity contribution is 0.0827. The lowest BCUT2D eigenvalue weighted by Crippen LogP contribution is -2.30. The minimum atomic E-state index is -0.112. The van der Waals surface area contributed by atoms with Gasteiger partial charge in [0.15, 0.2) is 5.58 Å². The minimum Gasteiger partial charge on any atom is -0.496 e. The summed E-state index contributed by atoms with van der Waals surface area (Å²) in [5.74, 6) is 1.58. The van der Waals surface area contributed by atoms with Crippen molar-refractivity contribution in [2.24, 2.45) is 0 Å². The van der Waals surface area contributed by atoms with Gasteiger partial charge in [-0.05, 0) is 62.2 Å². The highest BCUT2D eigenvalue weighted by molar-refractivity contribution is 5.96. The first-order valence-corrected chi connectivity index (χ1v) is 13.0. The summed E-state index contributed by atoms with van der Waals surface area (Å²) in [6.45, 7) is 6.23. The molecule has 0 spiro atoms. The smallest absolute Gasteiger partial charge is 0.253 e. The molecule has 1 unspecified atom stereocenters. The van der Waals surface area contributed by atoms with Crippen LogP contribution < -0.4 is 9.47 Å². The molecule has 1 atom stereocenters. The Morgan fingerprint density at radius 3 is 2.64 bits per heavy atom. The fourth-order valence-electron chi connectivity index (χ4n) is 4.97. The summed E-state index contributed by atoms with van der Waals surface area (Å²) in [5, 5.41) is 9.91. The topological polar surface area (TPSA) is 91.8 Å². The van der Waals surface area contributed by atoms with Crippen LogP contribution in [0.3, 0.4) is 0 Å². The number of aromatic nitrogens is 1. The molecule has 200 valence electrons. The summed E-state index contributed by atoms with van der Waals surface area (Å²) in [4.78, 5) is 20.8. The average Bonchev–Trinajstić information content (AvgIpc) is 3.60. The zero-order valence-electron chi connectivity index (χ0n) is 22.9. The van der Waals surface area contributed by atoms with E-state index in [0.29, 0.717) is 51.1 Å². The van der Waals surface area contributed by atoms with Gasteiger partial charge in [-0.3, -0.25) is 14.7 Å². The number of pyridine rings is 1. The Labute approximate surface area is 228 Å². The van der Waals surface area contributed by atoms with E-state index < -0.39 is 0 Å². The van der Waals surface area contributed by atoms with Crippen molar-refractivity contribution in [3.8, 4) is 40.0 Å². The first-order valence-electron chi connectivity index (χ1n) is 13.0. The highest BCUT2D eigenvalue weighted by Crippen LogP contribution is 2.38. The van der Waals surface area contributed by atoms with E-state index in [4.69, 9.17) is 13.9 Å². The highest BCUT2D eigenvalue weighted by Gasteiger charge is 2.26. The van der Waals surface area contributed by atoms with Crippen molar-refractivity contribution in [3.05, 3.63) is 65.9 Å². The van der Waals surface area contributed by atoms with Crippen LogP contribution in [0.1, 0.15) is 36.2 Å². The molecule has 0 N–H and O–H groups in total. The van der Waals surface area contributed by atoms with Crippen molar-refractivity contribution in [2.45, 2.75) is 32.4 Å². The third kappa shape index (κ3) is 5.18. The monoisotopic (exact) mass is 524 g/mol. The lowest BCUT2D eigenvalue weighted by atomic mass is 10.0. The molecule has 4 aromatic rings. The molecule has 2 aromatic carbocycles. The van der Waals surface area contributed by atoms with Crippen molar-refractivity contribution < 1.29 is 18.7 Å². The molecule has 1 aliphatic rings. The molecule has 8 nitrogen and oxygen atoms in total. The maximum absolute atomic E-state index is 12.4. The van der Waals surface area contributed by atoms with Gasteiger partial charge in [0.25, 0.3) is 5.91 Å². The van der Waals surface area contributed by atoms with Gasteiger partial charge in [0, 0.05) is 56.6 Å². The Morgan fingerprint density at radius 1 is 1.13 bits per heavy atom. The summed E-state index contributed by atoms with van der Waals surface area (Å²) in [6.07, 6.45) is 2.74. The van der Waals surface area contributed by atoms with E-state index in [1.807, 2.05) is 36.4 Å². The van der Waals surface area contributed by atoms with Crippen LogP contribution in [-0.2, 0) is 0 Å². The third-order valence-electron chi connectivity index (χ3n) is 7.14. The number of methoxy groups -OCH3 is 1. The first-order chi connectivity index (χ1) is 18.8. The van der Waals surface area contributed by atoms with Crippen LogP contribution in [0.15, 0.2) is 59.1 Å². The summed E-state index contributed by atoms with van der Waals surface area (Å²) in [6, 6.07) is 17.4. The Kier molecular flexibility index (Phi) is 7.27. The number of rotatable bonds is 7. The van der Waals surface area contributed by atoms with Crippen molar-refractivity contribution in [2.75, 3.05) is 34.3 Å². The van der Waals surface area contributed by atoms with Crippen LogP contribution in [0, 0.1) is 11.3 Å². The molecule has 1 amide bonds. The summed E-state index contributed by atoms with van der Waals surface area (Å²) < 4.78 is 18.2. The summed E-state index contributed by atoms with van der Waals surface area (Å²) >= 11 is 0. The molecule has 5 rings (SSSR count). The van der Waals surface area contributed by atoms with E-state index in [1.165, 1.54) is 4.90 Å². The van der Waals surface area contributed by atoms with Gasteiger partial charge in [-0.15, -0.1) is 0 Å². The standard InChI is InChI=1S/C31H32N4O4/c1-19(2)35-13-11-23(18-35)38-27-9-7-20(14-22(27)17-32)24-10-12-33-26-16-29(39-30(24)26)25-8-6-21(15-28(25)37-5)31(36)34(3)4/h6-10,12,14-16,19,23H,11,13,18H2,1-5H3. The number of amides is 1. The van der Waals surface area contributed by atoms with Crippen molar-refractivity contribution >= 4 is 17.0 Å². The number of ether oxygens (including phenoxy) is 2. The summed E-state index contributed by atoms with van der Waals surface area (Å²) in [7, 11) is 4.98. The zero-order chi connectivity index (χ0) is 27.7. The maximum Gasteiger partial charge on any atom is 0.253 e. The molecule has 1 fully saturated rings. The van der Waals surface area contributed by atoms with Crippen molar-refractivity contribution in [1.29, 1.82) is 5.26 Å². The largest absolute Gasteiger partial charge is 0.496 e. The number of nitriles is 1. The Balaban J connectivity index is 1.47. The molecule has 1 saturated heterocycles. The number of nitrogens with zero attached hydrogens (tertiary/aromatic N) is 4. The molecule has 8 heteroatoms. The van der Waals surface area contributed by atoms with Gasteiger partial charge in [0.05, 0.1) is 18.2 Å². The normalized spacial score (nSPS) is 15.5. The third-order valence-corrected chi connectivity index (χ3v) is 7.14. The van der Waals surface area contributed by atoms with Gasteiger partial charge in [0.2, 0.25) is 0 Å². The minimum absolute atomic E-state index is 0.0694. The molecule has 0 radical (unpaired) electrons. The number of benzene rings is 2. The highest BCUT2D eigenvalue weighted by atomic mass is 16.5. The predicted molar refractivity (Wildman–Crippen MR) is 150 cm³/mol. The second-order valence-electron chi connectivity index (χ2n) is 10.2. The number of furan rings is 1. The molecule has 0 aliphatic carbocycles. The van der Waals surface area contributed by atoms with Crippen LogP contribution in [0.25, 0.3) is 33.6 Å². The van der Waals surface area contributed by atoms with Crippen LogP contribution in [0.4, 0.5) is 0 Å². The fourth-order valence-corrected chi connectivity index (χ4v) is 4.97. The van der Waals surface area contributed by atoms with Crippen LogP contribution in [0.5, 0.6) is 11.5 Å². The lowest BCUT2D eigenvalue weighted by Gasteiger charge is -2.20. The molecule has 0 saturated carbocycles. The molecule has 2 aromatic heterocycles. The number of carbonyl (C=O) groups excluding carboxylic acids is 1. The number of hydrogen-bond donors (Lipinski definition) is 0. The van der Waals surface area contributed by atoms with E-state index in [9.17, 15) is 10.1 Å². The number of carbonyl (C=O) groups is 1. The summed E-state index contributed by atoms with van der Waals surface area (Å²) in [5.41, 5.74) is 4.65. The molecule has 0 bridgehead atoms. The van der Waals surface area contributed by atoms with E-state index >= 15 is 0 Å². The quantitative estimate of drug-likeness (QED) is 0.310. The predicted octanol–water partition coefficient (Wildman–Crippen LogP) is 5.61. The van der Waals surface area contributed by atoms with Crippen LogP contribution in [-0.4, -0.2) is 67.1 Å². The van der Waals surface area contributed by atoms with Gasteiger partial charge in [-0.2, -0.15) is 5.26 Å². The van der Waals surface area contributed by atoms with Gasteiger partial charge < -0.3 is 18.8 Å². The molecule has 39 heavy (non-hydrogen) atoms. The average molecular weight is 525 g/mol. The van der Waals surface area contributed by atoms with E-state index in [-0.39, 0.29) is 12.0 Å². The zero-order valence-corrected chi connectivity index (χ0v) is 22.9. The second kappa shape index (κ2) is 10.8. The van der Waals surface area contributed by atoms with Crippen LogP contribution >= 0.6 is 0 Å². The molecular formula is C31H32N4O4. The fraction of sp³-hybridized carbons (Fsp3) is 0.323. The van der Waals surface area contributed by atoms with Gasteiger partial charge in [0.1, 0.15) is 34.9 Å². The molecule has 3 heterocycles. The van der Waals surface area contributed by atoms with Crippen LogP contribution in [0.2, 0.25) is 0 Å². The maximum atomic E-state index is 12.4. The number of likely N-dealkylation sites (tertiary alicyclic amines) is 1. The Morgan fingerprint density at radius 2 is 1.95 bits per heavy atom. The van der Waals surface area contributed by atoms with Gasteiger partial charge >= 0.3 is 0 Å². The second-order valence-corrected chi connectivity index (χ2v) is 10.2. The van der Waals surface area contributed by atoms with Crippen molar-refractivity contribution in [3.63, 3.8) is 0 Å². The molecule has 1 aliphatic heterocycles. The van der Waals surface area contributed by atoms with E-state index in [0.717, 1.165) is 30.6 Å². The molecular weight excluding hydrogens is 492 g/mol. The van der Waals surface area contributed by atoms with Crippen molar-refractivity contribution in [1.82, 2.24) is 14.8 Å². The van der Waals surface area contributed by atoms with E-state index in [1.54, 1.807) is 39.5 Å². The first kappa shape index (κ1) is 26.3.